The van der Waals surface area contributed by atoms with Gasteiger partial charge in [0.2, 0.25) is 5.91 Å². The summed E-state index contributed by atoms with van der Waals surface area (Å²) in [5, 5.41) is 4.08. The highest BCUT2D eigenvalue weighted by Crippen LogP contribution is 2.28. The number of thiazole rings is 1. The van der Waals surface area contributed by atoms with Crippen LogP contribution in [0.2, 0.25) is 0 Å². The van der Waals surface area contributed by atoms with Gasteiger partial charge in [0, 0.05) is 22.9 Å². The first-order chi connectivity index (χ1) is 11.6. The van der Waals surface area contributed by atoms with Crippen LogP contribution in [-0.2, 0) is 11.3 Å². The normalized spacial score (nSPS) is 10.8. The monoisotopic (exact) mass is 374 g/mol. The number of nitrogens with zero attached hydrogens (tertiary/aromatic N) is 2. The van der Waals surface area contributed by atoms with Crippen LogP contribution in [0.1, 0.15) is 10.4 Å². The van der Waals surface area contributed by atoms with Crippen molar-refractivity contribution in [3.63, 3.8) is 0 Å². The first-order valence-electron chi connectivity index (χ1n) is 7.53. The van der Waals surface area contributed by atoms with Crippen LogP contribution in [0.5, 0.6) is 0 Å². The minimum Gasteiger partial charge on any atom is -0.340 e. The molecular formula is C18H18N2OS3. The van der Waals surface area contributed by atoms with Crippen LogP contribution in [-0.4, -0.2) is 28.6 Å². The van der Waals surface area contributed by atoms with Crippen LogP contribution in [0, 0.1) is 6.92 Å². The Kier molecular flexibility index (Phi) is 5.71. The molecule has 6 heteroatoms. The molecule has 0 aliphatic rings. The third kappa shape index (κ3) is 4.47. The van der Waals surface area contributed by atoms with Crippen molar-refractivity contribution in [3.8, 4) is 11.3 Å². The Morgan fingerprint density at radius 3 is 2.71 bits per heavy atom. The molecule has 24 heavy (non-hydrogen) atoms. The van der Waals surface area contributed by atoms with E-state index < -0.39 is 0 Å². The number of aryl methyl sites for hydroxylation is 1. The van der Waals surface area contributed by atoms with Gasteiger partial charge in [0.15, 0.2) is 4.34 Å². The van der Waals surface area contributed by atoms with Gasteiger partial charge in [0.1, 0.15) is 0 Å². The summed E-state index contributed by atoms with van der Waals surface area (Å²) in [5.74, 6) is 0.545. The van der Waals surface area contributed by atoms with Crippen molar-refractivity contribution in [2.45, 2.75) is 17.8 Å². The van der Waals surface area contributed by atoms with E-state index in [0.29, 0.717) is 12.3 Å². The van der Waals surface area contributed by atoms with E-state index in [0.717, 1.165) is 15.6 Å². The van der Waals surface area contributed by atoms with Crippen molar-refractivity contribution < 1.29 is 4.79 Å². The maximum absolute atomic E-state index is 12.2. The van der Waals surface area contributed by atoms with E-state index in [1.54, 1.807) is 27.6 Å². The van der Waals surface area contributed by atoms with Gasteiger partial charge in [-0.1, -0.05) is 47.7 Å². The molecule has 0 aliphatic carbocycles. The molecule has 0 N–H and O–H groups in total. The second-order valence-electron chi connectivity index (χ2n) is 5.48. The summed E-state index contributed by atoms with van der Waals surface area (Å²) in [5.41, 5.74) is 3.33. The number of aromatic nitrogens is 1. The number of carbonyl (C=O) groups excluding carboxylic acids is 1. The highest BCUT2D eigenvalue weighted by atomic mass is 32.2. The van der Waals surface area contributed by atoms with E-state index in [1.165, 1.54) is 22.2 Å². The number of hydrogen-bond acceptors (Lipinski definition) is 5. The third-order valence-corrected chi connectivity index (χ3v) is 6.42. The maximum Gasteiger partial charge on any atom is 0.233 e. The van der Waals surface area contributed by atoms with Gasteiger partial charge in [0.05, 0.1) is 18.0 Å². The second kappa shape index (κ2) is 7.96. The number of carbonyl (C=O) groups is 1. The molecule has 3 aromatic rings. The Morgan fingerprint density at radius 1 is 1.21 bits per heavy atom. The zero-order valence-electron chi connectivity index (χ0n) is 13.6. The van der Waals surface area contributed by atoms with Crippen molar-refractivity contribution in [3.05, 3.63) is 57.6 Å². The summed E-state index contributed by atoms with van der Waals surface area (Å²) >= 11 is 4.77. The summed E-state index contributed by atoms with van der Waals surface area (Å²) in [7, 11) is 1.85. The second-order valence-corrected chi connectivity index (χ2v) is 8.60. The van der Waals surface area contributed by atoms with Crippen LogP contribution in [0.25, 0.3) is 11.3 Å². The van der Waals surface area contributed by atoms with Crippen molar-refractivity contribution in [1.29, 1.82) is 0 Å². The quantitative estimate of drug-likeness (QED) is 0.574. The summed E-state index contributed by atoms with van der Waals surface area (Å²) in [4.78, 5) is 19.8. The molecule has 124 valence electrons. The van der Waals surface area contributed by atoms with Crippen molar-refractivity contribution >= 4 is 40.3 Å². The summed E-state index contributed by atoms with van der Waals surface area (Å²) < 4.78 is 0.934. The summed E-state index contributed by atoms with van der Waals surface area (Å²) in [6, 6.07) is 12.4. The van der Waals surface area contributed by atoms with Crippen molar-refractivity contribution in [2.24, 2.45) is 0 Å². The van der Waals surface area contributed by atoms with Gasteiger partial charge in [-0.05, 0) is 18.4 Å². The highest BCUT2D eigenvalue weighted by Gasteiger charge is 2.12. The molecule has 0 unspecified atom stereocenters. The Morgan fingerprint density at radius 2 is 2.00 bits per heavy atom. The van der Waals surface area contributed by atoms with Gasteiger partial charge in [-0.3, -0.25) is 4.79 Å². The Hall–Kier alpha value is -1.63. The van der Waals surface area contributed by atoms with Gasteiger partial charge in [-0.25, -0.2) is 4.98 Å². The molecule has 3 rings (SSSR count). The minimum atomic E-state index is 0.125. The van der Waals surface area contributed by atoms with Crippen molar-refractivity contribution in [1.82, 2.24) is 9.88 Å². The standard InChI is InChI=1S/C18H18N2OS3/c1-13-5-7-14(8-6-13)16-11-23-18(19-16)24-12-17(21)20(2)10-15-4-3-9-22-15/h3-9,11H,10,12H2,1-2H3. The number of thioether (sulfide) groups is 1. The Bertz CT molecular complexity index is 794. The average Bonchev–Trinajstić information content (AvgIpc) is 3.25. The van der Waals surface area contributed by atoms with Crippen LogP contribution >= 0.6 is 34.4 Å². The molecule has 0 bridgehead atoms. The van der Waals surface area contributed by atoms with Gasteiger partial charge in [0.25, 0.3) is 0 Å². The van der Waals surface area contributed by atoms with Gasteiger partial charge < -0.3 is 4.90 Å². The van der Waals surface area contributed by atoms with Crippen molar-refractivity contribution in [2.75, 3.05) is 12.8 Å². The van der Waals surface area contributed by atoms with E-state index in [2.05, 4.69) is 42.2 Å². The van der Waals surface area contributed by atoms with Gasteiger partial charge in [-0.15, -0.1) is 22.7 Å². The lowest BCUT2D eigenvalue weighted by molar-refractivity contribution is -0.127. The molecule has 0 saturated heterocycles. The predicted octanol–water partition coefficient (Wildman–Crippen LogP) is 4.93. The first kappa shape index (κ1) is 17.2. The number of thiophene rings is 1. The zero-order valence-corrected chi connectivity index (χ0v) is 16.0. The lowest BCUT2D eigenvalue weighted by Gasteiger charge is -2.15. The summed E-state index contributed by atoms with van der Waals surface area (Å²) in [6.45, 7) is 2.74. The molecule has 1 aromatic carbocycles. The van der Waals surface area contributed by atoms with Crippen LogP contribution in [0.15, 0.2) is 51.5 Å². The lowest BCUT2D eigenvalue weighted by atomic mass is 10.1. The minimum absolute atomic E-state index is 0.125. The molecule has 0 saturated carbocycles. The zero-order chi connectivity index (χ0) is 16.9. The highest BCUT2D eigenvalue weighted by molar-refractivity contribution is 8.01. The van der Waals surface area contributed by atoms with Gasteiger partial charge >= 0.3 is 0 Å². The van der Waals surface area contributed by atoms with Crippen LogP contribution < -0.4 is 0 Å². The third-order valence-electron chi connectivity index (χ3n) is 3.55. The first-order valence-corrected chi connectivity index (χ1v) is 10.3. The molecule has 0 radical (unpaired) electrons. The predicted molar refractivity (Wildman–Crippen MR) is 104 cm³/mol. The van der Waals surface area contributed by atoms with E-state index in [9.17, 15) is 4.79 Å². The smallest absolute Gasteiger partial charge is 0.233 e. The Labute approximate surface area is 154 Å². The van der Waals surface area contributed by atoms with Gasteiger partial charge in [-0.2, -0.15) is 0 Å². The molecule has 1 amide bonds. The molecule has 0 fully saturated rings. The fourth-order valence-corrected chi connectivity index (χ4v) is 4.67. The number of amides is 1. The molecule has 0 aliphatic heterocycles. The number of hydrogen-bond donors (Lipinski definition) is 0. The van der Waals surface area contributed by atoms with E-state index in [1.807, 2.05) is 23.9 Å². The molecule has 3 nitrogen and oxygen atoms in total. The molecular weight excluding hydrogens is 356 g/mol. The number of benzene rings is 1. The average molecular weight is 375 g/mol. The number of rotatable bonds is 6. The van der Waals surface area contributed by atoms with Crippen LogP contribution in [0.4, 0.5) is 0 Å². The molecule has 0 atom stereocenters. The SMILES string of the molecule is Cc1ccc(-c2csc(SCC(=O)N(C)Cc3cccs3)n2)cc1. The maximum atomic E-state index is 12.2. The largest absolute Gasteiger partial charge is 0.340 e. The molecule has 2 heterocycles. The fraction of sp³-hybridized carbons (Fsp3) is 0.222. The lowest BCUT2D eigenvalue weighted by Crippen LogP contribution is -2.27. The van der Waals surface area contributed by atoms with E-state index in [-0.39, 0.29) is 5.91 Å². The van der Waals surface area contributed by atoms with E-state index in [4.69, 9.17) is 0 Å². The fourth-order valence-electron chi connectivity index (χ4n) is 2.14. The Balaban J connectivity index is 1.55. The van der Waals surface area contributed by atoms with Crippen LogP contribution in [0.3, 0.4) is 0 Å². The van der Waals surface area contributed by atoms with E-state index >= 15 is 0 Å². The molecule has 2 aromatic heterocycles. The topological polar surface area (TPSA) is 33.2 Å². The molecule has 0 spiro atoms. The summed E-state index contributed by atoms with van der Waals surface area (Å²) in [6.07, 6.45) is 0.